The third-order valence-corrected chi connectivity index (χ3v) is 3.39. The molecule has 0 aliphatic heterocycles. The van der Waals surface area contributed by atoms with Crippen LogP contribution in [0.4, 0.5) is 11.4 Å². The Labute approximate surface area is 139 Å². The van der Waals surface area contributed by atoms with Gasteiger partial charge in [-0.2, -0.15) is 0 Å². The van der Waals surface area contributed by atoms with Crippen LogP contribution in [0.1, 0.15) is 17.3 Å². The first-order valence-electron chi connectivity index (χ1n) is 6.98. The molecular weight excluding hydrogens is 316 g/mol. The van der Waals surface area contributed by atoms with Crippen LogP contribution in [0, 0.1) is 0 Å². The highest BCUT2D eigenvalue weighted by Crippen LogP contribution is 2.27. The van der Waals surface area contributed by atoms with Crippen LogP contribution in [-0.2, 0) is 4.79 Å². The number of anilines is 2. The molecule has 5 nitrogen and oxygen atoms in total. The summed E-state index contributed by atoms with van der Waals surface area (Å²) in [5.74, 6) is 0.302. The molecule has 2 aromatic rings. The summed E-state index contributed by atoms with van der Waals surface area (Å²) >= 11 is 5.94. The van der Waals surface area contributed by atoms with E-state index in [1.54, 1.807) is 49.6 Å². The topological polar surface area (TPSA) is 67.4 Å². The Morgan fingerprint density at radius 3 is 2.65 bits per heavy atom. The van der Waals surface area contributed by atoms with E-state index >= 15 is 0 Å². The van der Waals surface area contributed by atoms with Gasteiger partial charge in [-0.1, -0.05) is 23.7 Å². The number of methoxy groups -OCH3 is 1. The number of hydrogen-bond acceptors (Lipinski definition) is 4. The van der Waals surface area contributed by atoms with E-state index in [0.717, 1.165) is 0 Å². The second-order valence-electron chi connectivity index (χ2n) is 4.88. The standard InChI is InChI=1S/C17H17ClN2O3/c1-11(21)12-4-3-5-14(8-12)20-17(22)10-19-15-9-13(18)6-7-16(15)23-2/h3-9,19H,10H2,1-2H3,(H,20,22). The van der Waals surface area contributed by atoms with Gasteiger partial charge in [0, 0.05) is 16.3 Å². The van der Waals surface area contributed by atoms with Crippen molar-refractivity contribution in [3.63, 3.8) is 0 Å². The number of benzene rings is 2. The van der Waals surface area contributed by atoms with Crippen molar-refractivity contribution in [1.82, 2.24) is 0 Å². The molecule has 1 amide bonds. The average Bonchev–Trinajstić information content (AvgIpc) is 2.53. The van der Waals surface area contributed by atoms with E-state index in [1.807, 2.05) is 0 Å². The predicted octanol–water partition coefficient (Wildman–Crippen LogP) is 3.60. The van der Waals surface area contributed by atoms with Gasteiger partial charge >= 0.3 is 0 Å². The van der Waals surface area contributed by atoms with E-state index in [1.165, 1.54) is 6.92 Å². The summed E-state index contributed by atoms with van der Waals surface area (Å²) in [7, 11) is 1.54. The minimum atomic E-state index is -0.243. The molecule has 2 rings (SSSR count). The maximum atomic E-state index is 12.0. The number of ketones is 1. The lowest BCUT2D eigenvalue weighted by molar-refractivity contribution is -0.114. The van der Waals surface area contributed by atoms with Crippen LogP contribution >= 0.6 is 11.6 Å². The quantitative estimate of drug-likeness (QED) is 0.793. The number of rotatable bonds is 6. The van der Waals surface area contributed by atoms with Crippen LogP contribution in [-0.4, -0.2) is 25.3 Å². The van der Waals surface area contributed by atoms with Crippen molar-refractivity contribution in [1.29, 1.82) is 0 Å². The Hall–Kier alpha value is -2.53. The molecule has 0 saturated heterocycles. The van der Waals surface area contributed by atoms with E-state index in [9.17, 15) is 9.59 Å². The van der Waals surface area contributed by atoms with Crippen molar-refractivity contribution in [2.24, 2.45) is 0 Å². The van der Waals surface area contributed by atoms with Gasteiger partial charge in [-0.3, -0.25) is 9.59 Å². The molecule has 0 bridgehead atoms. The number of amides is 1. The second-order valence-corrected chi connectivity index (χ2v) is 5.32. The lowest BCUT2D eigenvalue weighted by Crippen LogP contribution is -2.22. The van der Waals surface area contributed by atoms with Crippen molar-refractivity contribution >= 4 is 34.7 Å². The summed E-state index contributed by atoms with van der Waals surface area (Å²) in [6.45, 7) is 1.52. The van der Waals surface area contributed by atoms with Crippen LogP contribution in [0.25, 0.3) is 0 Å². The van der Waals surface area contributed by atoms with E-state index in [4.69, 9.17) is 16.3 Å². The number of carbonyl (C=O) groups is 2. The number of hydrogen-bond donors (Lipinski definition) is 2. The normalized spacial score (nSPS) is 10.0. The van der Waals surface area contributed by atoms with Crippen LogP contribution in [0.15, 0.2) is 42.5 Å². The molecule has 0 aliphatic rings. The zero-order chi connectivity index (χ0) is 16.8. The smallest absolute Gasteiger partial charge is 0.243 e. The van der Waals surface area contributed by atoms with Crippen molar-refractivity contribution < 1.29 is 14.3 Å². The Bertz CT molecular complexity index is 732. The van der Waals surface area contributed by atoms with E-state index in [2.05, 4.69) is 10.6 Å². The molecular formula is C17H17ClN2O3. The minimum Gasteiger partial charge on any atom is -0.495 e. The summed E-state index contributed by atoms with van der Waals surface area (Å²) < 4.78 is 5.20. The first-order chi connectivity index (χ1) is 11.0. The lowest BCUT2D eigenvalue weighted by Gasteiger charge is -2.12. The van der Waals surface area contributed by atoms with Gasteiger partial charge in [-0.25, -0.2) is 0 Å². The van der Waals surface area contributed by atoms with Crippen molar-refractivity contribution in [2.45, 2.75) is 6.92 Å². The Morgan fingerprint density at radius 2 is 1.96 bits per heavy atom. The van der Waals surface area contributed by atoms with Crippen LogP contribution in [0.2, 0.25) is 5.02 Å². The molecule has 2 N–H and O–H groups in total. The summed E-state index contributed by atoms with van der Waals surface area (Å²) in [5, 5.41) is 6.25. The van der Waals surface area contributed by atoms with E-state index in [-0.39, 0.29) is 18.2 Å². The number of ether oxygens (including phenoxy) is 1. The zero-order valence-electron chi connectivity index (χ0n) is 12.9. The predicted molar refractivity (Wildman–Crippen MR) is 91.6 cm³/mol. The highest BCUT2D eigenvalue weighted by molar-refractivity contribution is 6.31. The maximum Gasteiger partial charge on any atom is 0.243 e. The monoisotopic (exact) mass is 332 g/mol. The summed E-state index contributed by atoms with van der Waals surface area (Å²) in [6, 6.07) is 11.9. The Balaban J connectivity index is 1.99. The molecule has 0 saturated carbocycles. The molecule has 0 heterocycles. The van der Waals surface area contributed by atoms with Crippen LogP contribution < -0.4 is 15.4 Å². The third-order valence-electron chi connectivity index (χ3n) is 3.15. The van der Waals surface area contributed by atoms with Gasteiger partial charge in [0.05, 0.1) is 19.3 Å². The number of carbonyl (C=O) groups excluding carboxylic acids is 2. The summed E-state index contributed by atoms with van der Waals surface area (Å²) in [6.07, 6.45) is 0. The molecule has 23 heavy (non-hydrogen) atoms. The first-order valence-corrected chi connectivity index (χ1v) is 7.35. The molecule has 0 atom stereocenters. The number of nitrogens with one attached hydrogen (secondary N) is 2. The largest absolute Gasteiger partial charge is 0.495 e. The van der Waals surface area contributed by atoms with E-state index in [0.29, 0.717) is 27.7 Å². The molecule has 0 aliphatic carbocycles. The first kappa shape index (κ1) is 16.8. The fraction of sp³-hybridized carbons (Fsp3) is 0.176. The maximum absolute atomic E-state index is 12.0. The highest BCUT2D eigenvalue weighted by Gasteiger charge is 2.08. The average molecular weight is 333 g/mol. The van der Waals surface area contributed by atoms with Gasteiger partial charge in [-0.15, -0.1) is 0 Å². The SMILES string of the molecule is COc1ccc(Cl)cc1NCC(=O)Nc1cccc(C(C)=O)c1. The second kappa shape index (κ2) is 7.65. The molecule has 0 unspecified atom stereocenters. The van der Waals surface area contributed by atoms with Crippen molar-refractivity contribution in [3.8, 4) is 5.75 Å². The van der Waals surface area contributed by atoms with Gasteiger partial charge in [0.1, 0.15) is 5.75 Å². The Morgan fingerprint density at radius 1 is 1.17 bits per heavy atom. The van der Waals surface area contributed by atoms with Gasteiger partial charge in [0.25, 0.3) is 0 Å². The molecule has 0 radical (unpaired) electrons. The van der Waals surface area contributed by atoms with E-state index < -0.39 is 0 Å². The number of halogens is 1. The van der Waals surface area contributed by atoms with Gasteiger partial charge in [-0.05, 0) is 37.3 Å². The lowest BCUT2D eigenvalue weighted by atomic mass is 10.1. The molecule has 120 valence electrons. The minimum absolute atomic E-state index is 0.0427. The number of Topliss-reactive ketones (excluding diaryl/α,β-unsaturated/α-hetero) is 1. The molecule has 0 aromatic heterocycles. The fourth-order valence-electron chi connectivity index (χ4n) is 2.01. The van der Waals surface area contributed by atoms with Gasteiger partial charge in [0.2, 0.25) is 5.91 Å². The molecule has 2 aromatic carbocycles. The zero-order valence-corrected chi connectivity index (χ0v) is 13.6. The van der Waals surface area contributed by atoms with Crippen LogP contribution in [0.3, 0.4) is 0 Å². The third kappa shape index (κ3) is 4.72. The summed E-state index contributed by atoms with van der Waals surface area (Å²) in [5.41, 5.74) is 1.75. The van der Waals surface area contributed by atoms with Gasteiger partial charge < -0.3 is 15.4 Å². The molecule has 0 spiro atoms. The molecule has 6 heteroatoms. The Kier molecular flexibility index (Phi) is 5.60. The highest BCUT2D eigenvalue weighted by atomic mass is 35.5. The van der Waals surface area contributed by atoms with Crippen molar-refractivity contribution in [3.05, 3.63) is 53.1 Å². The molecule has 0 fully saturated rings. The van der Waals surface area contributed by atoms with Gasteiger partial charge in [0.15, 0.2) is 5.78 Å². The van der Waals surface area contributed by atoms with Crippen LogP contribution in [0.5, 0.6) is 5.75 Å². The summed E-state index contributed by atoms with van der Waals surface area (Å²) in [4.78, 5) is 23.4. The van der Waals surface area contributed by atoms with Crippen molar-refractivity contribution in [2.75, 3.05) is 24.3 Å². The fourth-order valence-corrected chi connectivity index (χ4v) is 2.19.